The summed E-state index contributed by atoms with van der Waals surface area (Å²) in [5.74, 6) is 1.47. The van der Waals surface area contributed by atoms with E-state index in [1.165, 1.54) is 0 Å². The first-order chi connectivity index (χ1) is 15.7. The molecule has 1 fully saturated rings. The fourth-order valence-electron chi connectivity index (χ4n) is 4.80. The number of fused-ring (bicyclic) bond motifs is 2. The number of anilines is 3. The fraction of sp³-hybridized carbons (Fsp3) is 0.231. The molecule has 0 bridgehead atoms. The smallest absolute Gasteiger partial charge is 0.196 e. The number of nitrogens with one attached hydrogen (secondary N) is 1. The van der Waals surface area contributed by atoms with E-state index in [4.69, 9.17) is 9.26 Å². The van der Waals surface area contributed by atoms with Crippen molar-refractivity contribution < 1.29 is 14.1 Å². The lowest BCUT2D eigenvalue weighted by atomic mass is 9.86. The van der Waals surface area contributed by atoms with Crippen LogP contribution in [-0.4, -0.2) is 30.6 Å². The number of aromatic nitrogens is 1. The second-order valence-electron chi connectivity index (χ2n) is 8.20. The molecule has 0 atom stereocenters. The molecule has 0 unspecified atom stereocenters. The molecule has 160 valence electrons. The van der Waals surface area contributed by atoms with Crippen LogP contribution in [0.2, 0.25) is 0 Å². The molecular weight excluding hydrogens is 402 g/mol. The predicted octanol–water partition coefficient (Wildman–Crippen LogP) is 5.78. The number of ether oxygens (including phenoxy) is 1. The number of ketones is 1. The van der Waals surface area contributed by atoms with E-state index in [1.54, 1.807) is 0 Å². The zero-order valence-electron chi connectivity index (χ0n) is 17.9. The largest absolute Gasteiger partial charge is 0.494 e. The molecule has 1 aromatic heterocycles. The normalized spacial score (nSPS) is 14.7. The molecule has 1 N–H and O–H groups in total. The molecule has 1 aliphatic carbocycles. The number of nitrogens with zero attached hydrogens (tertiary/aromatic N) is 2. The molecule has 0 saturated carbocycles. The number of benzene rings is 3. The van der Waals surface area contributed by atoms with E-state index in [2.05, 4.69) is 21.4 Å². The monoisotopic (exact) mass is 425 g/mol. The Morgan fingerprint density at radius 1 is 1.06 bits per heavy atom. The Labute approximate surface area is 185 Å². The standard InChI is InChI=1S/C26H23N3O3/c1-2-31-17-11-9-16(10-12-17)27-20-15-21(29-13-5-6-14-29)24-23-22(20)25(30)18-7-3-4-8-19(18)26(23)32-28-24/h3-4,7-12,15,27H,2,5-6,13-14H2,1H3. The minimum absolute atomic E-state index is 0.0114. The second-order valence-corrected chi connectivity index (χ2v) is 8.20. The molecule has 2 heterocycles. The summed E-state index contributed by atoms with van der Waals surface area (Å²) < 4.78 is 11.4. The number of rotatable bonds is 5. The van der Waals surface area contributed by atoms with Crippen LogP contribution in [0.15, 0.2) is 59.1 Å². The molecule has 3 aromatic carbocycles. The van der Waals surface area contributed by atoms with Gasteiger partial charge in [0.05, 0.1) is 28.9 Å². The van der Waals surface area contributed by atoms with Crippen molar-refractivity contribution in [1.82, 2.24) is 5.16 Å². The Hall–Kier alpha value is -3.80. The summed E-state index contributed by atoms with van der Waals surface area (Å²) in [7, 11) is 0. The van der Waals surface area contributed by atoms with E-state index >= 15 is 0 Å². The number of carbonyl (C=O) groups excluding carboxylic acids is 1. The molecule has 2 aliphatic rings. The van der Waals surface area contributed by atoms with Crippen LogP contribution in [0.5, 0.6) is 5.75 Å². The molecule has 1 aliphatic heterocycles. The third kappa shape index (κ3) is 2.87. The first-order valence-electron chi connectivity index (χ1n) is 11.1. The highest BCUT2D eigenvalue weighted by atomic mass is 16.5. The van der Waals surface area contributed by atoms with Gasteiger partial charge in [-0.3, -0.25) is 4.79 Å². The first-order valence-corrected chi connectivity index (χ1v) is 11.1. The van der Waals surface area contributed by atoms with E-state index in [1.807, 2.05) is 55.5 Å². The lowest BCUT2D eigenvalue weighted by Crippen LogP contribution is -2.19. The number of hydrogen-bond donors (Lipinski definition) is 1. The molecular formula is C26H23N3O3. The quantitative estimate of drug-likeness (QED) is 0.385. The molecule has 4 aromatic rings. The molecule has 32 heavy (non-hydrogen) atoms. The highest BCUT2D eigenvalue weighted by Crippen LogP contribution is 2.46. The molecule has 0 radical (unpaired) electrons. The van der Waals surface area contributed by atoms with Crippen molar-refractivity contribution in [3.63, 3.8) is 0 Å². The highest BCUT2D eigenvalue weighted by molar-refractivity contribution is 6.28. The van der Waals surface area contributed by atoms with Gasteiger partial charge in [-0.25, -0.2) is 0 Å². The average Bonchev–Trinajstić information content (AvgIpc) is 3.50. The van der Waals surface area contributed by atoms with Gasteiger partial charge in [0.15, 0.2) is 11.5 Å². The Morgan fingerprint density at radius 3 is 2.56 bits per heavy atom. The predicted molar refractivity (Wildman–Crippen MR) is 125 cm³/mol. The summed E-state index contributed by atoms with van der Waals surface area (Å²) in [6.45, 7) is 4.54. The van der Waals surface area contributed by atoms with Crippen molar-refractivity contribution in [3.05, 3.63) is 65.7 Å². The molecule has 0 spiro atoms. The second kappa shape index (κ2) is 7.41. The molecule has 0 amide bonds. The summed E-state index contributed by atoms with van der Waals surface area (Å²) in [5, 5.41) is 8.72. The van der Waals surface area contributed by atoms with Gasteiger partial charge in [0.1, 0.15) is 11.3 Å². The van der Waals surface area contributed by atoms with Crippen LogP contribution >= 0.6 is 0 Å². The maximum Gasteiger partial charge on any atom is 0.196 e. The van der Waals surface area contributed by atoms with E-state index < -0.39 is 0 Å². The molecule has 6 nitrogen and oxygen atoms in total. The summed E-state index contributed by atoms with van der Waals surface area (Å²) in [6.07, 6.45) is 2.30. The van der Waals surface area contributed by atoms with Gasteiger partial charge in [0.2, 0.25) is 0 Å². The lowest BCUT2D eigenvalue weighted by molar-refractivity contribution is 0.104. The van der Waals surface area contributed by atoms with Gasteiger partial charge < -0.3 is 19.5 Å². The van der Waals surface area contributed by atoms with Gasteiger partial charge in [0, 0.05) is 29.9 Å². The van der Waals surface area contributed by atoms with Crippen molar-refractivity contribution in [2.75, 3.05) is 29.9 Å². The van der Waals surface area contributed by atoms with Gasteiger partial charge in [-0.2, -0.15) is 0 Å². The van der Waals surface area contributed by atoms with Crippen LogP contribution in [0.3, 0.4) is 0 Å². The minimum atomic E-state index is -0.0114. The van der Waals surface area contributed by atoms with Crippen LogP contribution in [0.25, 0.3) is 22.2 Å². The van der Waals surface area contributed by atoms with Crippen LogP contribution in [0.1, 0.15) is 35.7 Å². The van der Waals surface area contributed by atoms with Gasteiger partial charge >= 0.3 is 0 Å². The third-order valence-corrected chi connectivity index (χ3v) is 6.27. The fourth-order valence-corrected chi connectivity index (χ4v) is 4.80. The van der Waals surface area contributed by atoms with Gasteiger partial charge in [-0.05, 0) is 50.1 Å². The average molecular weight is 425 g/mol. The van der Waals surface area contributed by atoms with Crippen molar-refractivity contribution in [3.8, 4) is 17.1 Å². The maximum absolute atomic E-state index is 13.6. The van der Waals surface area contributed by atoms with Gasteiger partial charge in [0.25, 0.3) is 0 Å². The number of carbonyl (C=O) groups is 1. The zero-order chi connectivity index (χ0) is 21.7. The third-order valence-electron chi connectivity index (χ3n) is 6.27. The topological polar surface area (TPSA) is 67.6 Å². The number of hydrogen-bond acceptors (Lipinski definition) is 6. The van der Waals surface area contributed by atoms with Crippen LogP contribution in [0.4, 0.5) is 17.1 Å². The summed E-state index contributed by atoms with van der Waals surface area (Å²) >= 11 is 0. The summed E-state index contributed by atoms with van der Waals surface area (Å²) in [5.41, 5.74) is 5.49. The molecule has 1 saturated heterocycles. The Kier molecular flexibility index (Phi) is 4.38. The molecule has 6 rings (SSSR count). The van der Waals surface area contributed by atoms with Crippen LogP contribution in [0, 0.1) is 0 Å². The Morgan fingerprint density at radius 2 is 1.81 bits per heavy atom. The summed E-state index contributed by atoms with van der Waals surface area (Å²) in [4.78, 5) is 16.0. The maximum atomic E-state index is 13.6. The van der Waals surface area contributed by atoms with E-state index in [0.717, 1.165) is 65.2 Å². The molecule has 6 heteroatoms. The lowest BCUT2D eigenvalue weighted by Gasteiger charge is -2.23. The van der Waals surface area contributed by atoms with Gasteiger partial charge in [-0.15, -0.1) is 0 Å². The van der Waals surface area contributed by atoms with Gasteiger partial charge in [-0.1, -0.05) is 29.4 Å². The van der Waals surface area contributed by atoms with Crippen LogP contribution < -0.4 is 15.0 Å². The van der Waals surface area contributed by atoms with E-state index in [0.29, 0.717) is 23.5 Å². The van der Waals surface area contributed by atoms with Crippen LogP contribution in [-0.2, 0) is 0 Å². The Balaban J connectivity index is 1.55. The summed E-state index contributed by atoms with van der Waals surface area (Å²) in [6, 6.07) is 17.4. The SMILES string of the molecule is CCOc1ccc(Nc2cc(N3CCCC3)c3noc4c3c2C(=O)c2ccccc2-4)cc1. The van der Waals surface area contributed by atoms with Crippen molar-refractivity contribution in [2.24, 2.45) is 0 Å². The van der Waals surface area contributed by atoms with Crippen molar-refractivity contribution in [2.45, 2.75) is 19.8 Å². The van der Waals surface area contributed by atoms with Crippen molar-refractivity contribution in [1.29, 1.82) is 0 Å². The Bertz CT molecular complexity index is 1330. The minimum Gasteiger partial charge on any atom is -0.494 e. The highest BCUT2D eigenvalue weighted by Gasteiger charge is 2.34. The first kappa shape index (κ1) is 18.9. The van der Waals surface area contributed by atoms with Crippen molar-refractivity contribution >= 4 is 33.7 Å². The van der Waals surface area contributed by atoms with E-state index in [-0.39, 0.29) is 5.78 Å². The zero-order valence-corrected chi connectivity index (χ0v) is 17.9. The van der Waals surface area contributed by atoms with E-state index in [9.17, 15) is 4.79 Å².